The van der Waals surface area contributed by atoms with Crippen LogP contribution in [-0.4, -0.2) is 7.11 Å². The van der Waals surface area contributed by atoms with E-state index in [9.17, 15) is 0 Å². The number of benzene rings is 1. The molecule has 1 unspecified atom stereocenters. The van der Waals surface area contributed by atoms with Gasteiger partial charge in [-0.3, -0.25) is 0 Å². The Bertz CT molecular complexity index is 372. The summed E-state index contributed by atoms with van der Waals surface area (Å²) in [4.78, 5) is 0. The third-order valence-electron chi connectivity index (χ3n) is 2.34. The fourth-order valence-corrected chi connectivity index (χ4v) is 1.58. The van der Waals surface area contributed by atoms with Gasteiger partial charge in [0.2, 0.25) is 0 Å². The van der Waals surface area contributed by atoms with Crippen molar-refractivity contribution < 1.29 is 35.8 Å². The van der Waals surface area contributed by atoms with E-state index < -0.39 is 0 Å². The molecule has 0 amide bonds. The molecule has 1 saturated carbocycles. The van der Waals surface area contributed by atoms with Crippen LogP contribution in [0.1, 0.15) is 11.5 Å². The van der Waals surface area contributed by atoms with E-state index in [1.54, 1.807) is 7.11 Å². The zero-order valence-electron chi connectivity index (χ0n) is 11.3. The fraction of sp³-hybridized carbons (Fsp3) is 0.125. The molecule has 108 valence electrons. The molecule has 0 aliphatic heterocycles. The molecule has 2 rings (SSSR count). The molecule has 0 heterocycles. The van der Waals surface area contributed by atoms with Gasteiger partial charge in [0.05, 0.1) is 0 Å². The normalized spacial score (nSPS) is 16.0. The summed E-state index contributed by atoms with van der Waals surface area (Å²) >= 11 is 0. The van der Waals surface area contributed by atoms with E-state index in [1.807, 2.05) is 18.9 Å². The second-order valence-electron chi connectivity index (χ2n) is 3.26. The SMILES string of the molecule is CO[C]1[CH][CH][CH]C(c2ccccc2)[CH]1.[C-]#[O+].[C-]#[O+].[C-]#[O+].[Mn]. The molecule has 0 N–H and O–H groups in total. The van der Waals surface area contributed by atoms with Crippen LogP contribution < -0.4 is 0 Å². The van der Waals surface area contributed by atoms with E-state index >= 15 is 0 Å². The van der Waals surface area contributed by atoms with Gasteiger partial charge in [-0.25, -0.2) is 0 Å². The minimum Gasteiger partial charge on any atom is 0 e. The van der Waals surface area contributed by atoms with E-state index in [2.05, 4.69) is 57.1 Å². The van der Waals surface area contributed by atoms with Crippen LogP contribution in [0.5, 0.6) is 0 Å². The van der Waals surface area contributed by atoms with Crippen molar-refractivity contribution in [3.05, 3.63) is 87.6 Å². The molecule has 1 aromatic carbocycles. The van der Waals surface area contributed by atoms with E-state index in [0.717, 1.165) is 6.10 Å². The maximum Gasteiger partial charge on any atom is 0 e. The van der Waals surface area contributed by atoms with Gasteiger partial charge in [-0.2, -0.15) is 0 Å². The van der Waals surface area contributed by atoms with Crippen LogP contribution in [0.4, 0.5) is 0 Å². The Balaban J connectivity index is -0.000000414. The van der Waals surface area contributed by atoms with Crippen molar-refractivity contribution in [2.75, 3.05) is 7.11 Å². The average molecular weight is 324 g/mol. The molecule has 5 heteroatoms. The minimum atomic E-state index is 0. The number of ether oxygens (including phenoxy) is 1. The first-order chi connectivity index (χ1) is 9.90. The summed E-state index contributed by atoms with van der Waals surface area (Å²) in [7, 11) is 1.70. The Morgan fingerprint density at radius 1 is 0.952 bits per heavy atom. The molecule has 4 nitrogen and oxygen atoms in total. The van der Waals surface area contributed by atoms with E-state index in [1.165, 1.54) is 5.56 Å². The van der Waals surface area contributed by atoms with Gasteiger partial charge < -0.3 is 4.74 Å². The number of hydrogen-bond donors (Lipinski definition) is 0. The van der Waals surface area contributed by atoms with Crippen molar-refractivity contribution in [2.24, 2.45) is 0 Å². The summed E-state index contributed by atoms with van der Waals surface area (Å²) in [5.41, 5.74) is 1.30. The van der Waals surface area contributed by atoms with Crippen molar-refractivity contribution in [3.63, 3.8) is 0 Å². The van der Waals surface area contributed by atoms with Gasteiger partial charge in [-0.1, -0.05) is 30.3 Å². The zero-order valence-corrected chi connectivity index (χ0v) is 12.5. The van der Waals surface area contributed by atoms with Crippen molar-refractivity contribution in [2.45, 2.75) is 5.92 Å². The Morgan fingerprint density at radius 3 is 1.95 bits per heavy atom. The molecule has 0 bridgehead atoms. The Labute approximate surface area is 136 Å². The summed E-state index contributed by atoms with van der Waals surface area (Å²) in [5.74, 6) is 0.344. The van der Waals surface area contributed by atoms with E-state index in [4.69, 9.17) is 18.7 Å². The topological polar surface area (TPSA) is 68.9 Å². The summed E-state index contributed by atoms with van der Waals surface area (Å²) in [6.07, 6.45) is 9.23. The number of hydrogen-bond acceptors (Lipinski definition) is 1. The third-order valence-corrected chi connectivity index (χ3v) is 2.34. The van der Waals surface area contributed by atoms with Crippen LogP contribution in [-0.2, 0) is 35.8 Å². The van der Waals surface area contributed by atoms with Crippen molar-refractivity contribution >= 4 is 0 Å². The maximum absolute atomic E-state index is 7.50. The second kappa shape index (κ2) is 18.9. The Kier molecular flexibility index (Phi) is 22.4. The van der Waals surface area contributed by atoms with Crippen LogP contribution in [0, 0.1) is 51.7 Å². The van der Waals surface area contributed by atoms with Crippen LogP contribution in [0.3, 0.4) is 0 Å². The van der Waals surface area contributed by atoms with Crippen molar-refractivity contribution in [1.82, 2.24) is 0 Å². The second-order valence-corrected chi connectivity index (χ2v) is 3.26. The number of rotatable bonds is 2. The van der Waals surface area contributed by atoms with Gasteiger partial charge in [0.25, 0.3) is 0 Å². The van der Waals surface area contributed by atoms with Crippen LogP contribution in [0.2, 0.25) is 0 Å². The quantitative estimate of drug-likeness (QED) is 0.468. The van der Waals surface area contributed by atoms with Crippen molar-refractivity contribution in [3.8, 4) is 0 Å². The molecule has 1 aliphatic rings. The Hall–Kier alpha value is -1.08. The molecular formula is C16H13MnO4. The van der Waals surface area contributed by atoms with Gasteiger partial charge in [0.15, 0.2) is 0 Å². The van der Waals surface area contributed by atoms with Gasteiger partial charge in [0, 0.05) is 37.0 Å². The van der Waals surface area contributed by atoms with Gasteiger partial charge >= 0.3 is 33.9 Å². The fourth-order valence-electron chi connectivity index (χ4n) is 1.58. The summed E-state index contributed by atoms with van der Waals surface area (Å²) in [6, 6.07) is 10.4. The van der Waals surface area contributed by atoms with Gasteiger partial charge in [-0.05, 0) is 24.3 Å². The molecule has 1 aliphatic carbocycles. The molecule has 0 spiro atoms. The van der Waals surface area contributed by atoms with Gasteiger partial charge in [0.1, 0.15) is 6.10 Å². The molecular weight excluding hydrogens is 311 g/mol. The molecule has 1 atom stereocenters. The molecule has 1 fully saturated rings. The first-order valence-electron chi connectivity index (χ1n) is 5.33. The molecule has 0 saturated heterocycles. The predicted octanol–water partition coefficient (Wildman–Crippen LogP) is 2.66. The largest absolute Gasteiger partial charge is 0 e. The van der Waals surface area contributed by atoms with Crippen LogP contribution in [0.25, 0.3) is 0 Å². The zero-order chi connectivity index (χ0) is 15.8. The number of methoxy groups -OCH3 is 1. The van der Waals surface area contributed by atoms with Gasteiger partial charge in [-0.15, -0.1) is 0 Å². The van der Waals surface area contributed by atoms with Crippen molar-refractivity contribution in [1.29, 1.82) is 0 Å². The molecule has 6 radical (unpaired) electrons. The predicted molar refractivity (Wildman–Crippen MR) is 68.4 cm³/mol. The summed E-state index contributed by atoms with van der Waals surface area (Å²) in [5, 5.41) is 0. The summed E-state index contributed by atoms with van der Waals surface area (Å²) in [6.45, 7) is 13.5. The smallest absolute Gasteiger partial charge is 0 e. The average Bonchev–Trinajstić information content (AvgIpc) is 2.61. The van der Waals surface area contributed by atoms with Crippen LogP contribution >= 0.6 is 0 Å². The third kappa shape index (κ3) is 10.3. The van der Waals surface area contributed by atoms with Crippen LogP contribution in [0.15, 0.2) is 30.3 Å². The molecule has 21 heavy (non-hydrogen) atoms. The standard InChI is InChI=1S/C13H13O.3CO.Mn/c1-14-13-9-5-8-12(10-13)11-6-3-2-4-7-11;3*1-2;/h2-10,12H,1H3;;;;. The first kappa shape index (κ1) is 24.9. The molecule has 0 aromatic heterocycles. The van der Waals surface area contributed by atoms with E-state index in [0.29, 0.717) is 5.92 Å². The molecule has 1 aromatic rings. The Morgan fingerprint density at radius 2 is 1.48 bits per heavy atom. The minimum absolute atomic E-state index is 0. The van der Waals surface area contributed by atoms with E-state index in [-0.39, 0.29) is 17.1 Å². The summed E-state index contributed by atoms with van der Waals surface area (Å²) < 4.78 is 27.7. The monoisotopic (exact) mass is 324 g/mol. The maximum atomic E-state index is 7.50. The first-order valence-corrected chi connectivity index (χ1v) is 5.33.